The van der Waals surface area contributed by atoms with Crippen LogP contribution in [0.2, 0.25) is 0 Å². The van der Waals surface area contributed by atoms with E-state index in [0.717, 1.165) is 5.56 Å². The van der Waals surface area contributed by atoms with Crippen LogP contribution in [-0.4, -0.2) is 77.5 Å². The Morgan fingerprint density at radius 1 is 1.31 bits per heavy atom. The molecule has 0 bridgehead atoms. The molecule has 9 nitrogen and oxygen atoms in total. The van der Waals surface area contributed by atoms with Gasteiger partial charge in [0.15, 0.2) is 0 Å². The van der Waals surface area contributed by atoms with Crippen molar-refractivity contribution >= 4 is 15.9 Å². The summed E-state index contributed by atoms with van der Waals surface area (Å²) in [4.78, 5) is 21.9. The highest BCUT2D eigenvalue weighted by molar-refractivity contribution is 7.89. The van der Waals surface area contributed by atoms with Gasteiger partial charge >= 0.3 is 0 Å². The van der Waals surface area contributed by atoms with Crippen molar-refractivity contribution in [3.8, 4) is 16.9 Å². The molecule has 3 rings (SSSR count). The van der Waals surface area contributed by atoms with Gasteiger partial charge in [-0.2, -0.15) is 4.31 Å². The first kappa shape index (κ1) is 24.1. The lowest BCUT2D eigenvalue weighted by molar-refractivity contribution is -0.131. The van der Waals surface area contributed by atoms with Gasteiger partial charge in [-0.05, 0) is 24.6 Å². The van der Waals surface area contributed by atoms with E-state index in [4.69, 9.17) is 4.74 Å². The number of sulfonamides is 1. The van der Waals surface area contributed by atoms with Gasteiger partial charge in [-0.3, -0.25) is 4.79 Å². The van der Waals surface area contributed by atoms with Gasteiger partial charge in [0.2, 0.25) is 15.9 Å². The summed E-state index contributed by atoms with van der Waals surface area (Å²) in [7, 11) is -2.21. The van der Waals surface area contributed by atoms with E-state index in [-0.39, 0.29) is 35.6 Å². The highest BCUT2D eigenvalue weighted by atomic mass is 32.2. The van der Waals surface area contributed by atoms with Gasteiger partial charge < -0.3 is 14.7 Å². The molecular formula is C22H30N4O5S. The SMILES string of the molecule is CCC(=O)N(C)C[C@@H]1Oc2cc(-c3cncnc3)ccc2S(=O)(=O)N([C@H](C)CO)C[C@H]1C. The van der Waals surface area contributed by atoms with Crippen LogP contribution in [0.4, 0.5) is 0 Å². The van der Waals surface area contributed by atoms with Crippen LogP contribution >= 0.6 is 0 Å². The van der Waals surface area contributed by atoms with Crippen molar-refractivity contribution in [2.45, 2.75) is 44.2 Å². The zero-order chi connectivity index (χ0) is 23.5. The number of aliphatic hydroxyl groups excluding tert-OH is 1. The van der Waals surface area contributed by atoms with Gasteiger partial charge in [0.1, 0.15) is 23.1 Å². The minimum absolute atomic E-state index is 0.0218. The largest absolute Gasteiger partial charge is 0.487 e. The molecule has 0 saturated heterocycles. The predicted molar refractivity (Wildman–Crippen MR) is 119 cm³/mol. The minimum atomic E-state index is -3.92. The fourth-order valence-electron chi connectivity index (χ4n) is 3.71. The normalized spacial score (nSPS) is 21.5. The number of rotatable bonds is 6. The molecule has 1 aromatic heterocycles. The molecule has 2 heterocycles. The van der Waals surface area contributed by atoms with Crippen LogP contribution in [0.5, 0.6) is 5.75 Å². The van der Waals surface area contributed by atoms with Gasteiger partial charge in [-0.15, -0.1) is 0 Å². The van der Waals surface area contributed by atoms with E-state index in [1.54, 1.807) is 50.3 Å². The number of aromatic nitrogens is 2. The molecule has 2 aromatic rings. The molecule has 0 spiro atoms. The van der Waals surface area contributed by atoms with E-state index in [9.17, 15) is 18.3 Å². The van der Waals surface area contributed by atoms with Crippen LogP contribution in [0.3, 0.4) is 0 Å². The lowest BCUT2D eigenvalue weighted by Gasteiger charge is -2.37. The van der Waals surface area contributed by atoms with E-state index in [2.05, 4.69) is 9.97 Å². The second-order valence-corrected chi connectivity index (χ2v) is 10.0. The third-order valence-corrected chi connectivity index (χ3v) is 7.76. The first-order chi connectivity index (χ1) is 15.2. The van der Waals surface area contributed by atoms with E-state index >= 15 is 0 Å². The van der Waals surface area contributed by atoms with Crippen LogP contribution in [-0.2, 0) is 14.8 Å². The quantitative estimate of drug-likeness (QED) is 0.696. The third kappa shape index (κ3) is 4.92. The fourth-order valence-corrected chi connectivity index (χ4v) is 5.54. The summed E-state index contributed by atoms with van der Waals surface area (Å²) in [5, 5.41) is 9.72. The average Bonchev–Trinajstić information content (AvgIpc) is 2.80. The topological polar surface area (TPSA) is 113 Å². The van der Waals surface area contributed by atoms with Crippen LogP contribution in [0.15, 0.2) is 41.8 Å². The number of hydrogen-bond donors (Lipinski definition) is 1. The summed E-state index contributed by atoms with van der Waals surface area (Å²) < 4.78 is 34.6. The number of hydrogen-bond acceptors (Lipinski definition) is 7. The molecule has 1 aliphatic rings. The van der Waals surface area contributed by atoms with Gasteiger partial charge in [0, 0.05) is 49.9 Å². The average molecular weight is 463 g/mol. The summed E-state index contributed by atoms with van der Waals surface area (Å²) in [5.41, 5.74) is 1.44. The minimum Gasteiger partial charge on any atom is -0.487 e. The molecule has 0 fully saturated rings. The van der Waals surface area contributed by atoms with Gasteiger partial charge in [-0.1, -0.05) is 19.9 Å². The maximum Gasteiger partial charge on any atom is 0.247 e. The highest BCUT2D eigenvalue weighted by Crippen LogP contribution is 2.36. The van der Waals surface area contributed by atoms with Gasteiger partial charge in [0.25, 0.3) is 0 Å². The lowest BCUT2D eigenvalue weighted by Crippen LogP contribution is -2.50. The number of amides is 1. The maximum atomic E-state index is 13.5. The van der Waals surface area contributed by atoms with Crippen molar-refractivity contribution in [2.24, 2.45) is 5.92 Å². The Labute approximate surface area is 189 Å². The molecule has 10 heteroatoms. The molecule has 32 heavy (non-hydrogen) atoms. The second-order valence-electron chi connectivity index (χ2n) is 8.16. The van der Waals surface area contributed by atoms with Crippen molar-refractivity contribution < 1.29 is 23.1 Å². The highest BCUT2D eigenvalue weighted by Gasteiger charge is 2.38. The molecule has 1 aliphatic heterocycles. The standard InChI is InChI=1S/C22H30N4O5S/c1-5-22(28)25(4)12-20-15(2)11-26(16(3)13-27)32(29,30)21-7-6-17(8-19(21)31-20)18-9-23-14-24-10-18/h6-10,14-16,20,27H,5,11-13H2,1-4H3/t15-,16-,20+/m1/s1. The van der Waals surface area contributed by atoms with Crippen LogP contribution in [0.25, 0.3) is 11.1 Å². The van der Waals surface area contributed by atoms with Crippen molar-refractivity contribution in [3.05, 3.63) is 36.9 Å². The molecule has 174 valence electrons. The van der Waals surface area contributed by atoms with E-state index in [0.29, 0.717) is 18.5 Å². The number of carbonyl (C=O) groups is 1. The number of ether oxygens (including phenoxy) is 1. The summed E-state index contributed by atoms with van der Waals surface area (Å²) in [5.74, 6) is -0.0513. The van der Waals surface area contributed by atoms with Crippen LogP contribution in [0, 0.1) is 5.92 Å². The van der Waals surface area contributed by atoms with Crippen molar-refractivity contribution in [1.29, 1.82) is 0 Å². The monoisotopic (exact) mass is 462 g/mol. The number of aliphatic hydroxyl groups is 1. The molecule has 3 atom stereocenters. The Balaban J connectivity index is 2.11. The Morgan fingerprint density at radius 2 is 2.00 bits per heavy atom. The molecular weight excluding hydrogens is 432 g/mol. The lowest BCUT2D eigenvalue weighted by atomic mass is 10.0. The third-order valence-electron chi connectivity index (χ3n) is 5.74. The van der Waals surface area contributed by atoms with E-state index in [1.807, 2.05) is 6.92 Å². The maximum absolute atomic E-state index is 13.5. The van der Waals surface area contributed by atoms with Crippen molar-refractivity contribution in [3.63, 3.8) is 0 Å². The summed E-state index contributed by atoms with van der Waals surface area (Å²) in [6, 6.07) is 4.26. The van der Waals surface area contributed by atoms with E-state index < -0.39 is 22.2 Å². The van der Waals surface area contributed by atoms with Crippen molar-refractivity contribution in [2.75, 3.05) is 26.7 Å². The Morgan fingerprint density at radius 3 is 2.62 bits per heavy atom. The first-order valence-electron chi connectivity index (χ1n) is 10.6. The number of carbonyl (C=O) groups excluding carboxylic acids is 1. The predicted octanol–water partition coefficient (Wildman–Crippen LogP) is 1.78. The van der Waals surface area contributed by atoms with Crippen LogP contribution < -0.4 is 4.74 Å². The number of nitrogens with zero attached hydrogens (tertiary/aromatic N) is 4. The summed E-state index contributed by atoms with van der Waals surface area (Å²) in [6.07, 6.45) is 4.62. The Hall–Kier alpha value is -2.56. The van der Waals surface area contributed by atoms with Gasteiger partial charge in [0.05, 0.1) is 13.2 Å². The fraction of sp³-hybridized carbons (Fsp3) is 0.500. The van der Waals surface area contributed by atoms with Crippen LogP contribution in [0.1, 0.15) is 27.2 Å². The summed E-state index contributed by atoms with van der Waals surface area (Å²) >= 11 is 0. The van der Waals surface area contributed by atoms with E-state index in [1.165, 1.54) is 16.7 Å². The number of likely N-dealkylation sites (N-methyl/N-ethyl adjacent to an activating group) is 1. The number of benzene rings is 1. The zero-order valence-electron chi connectivity index (χ0n) is 18.8. The molecule has 1 aromatic carbocycles. The van der Waals surface area contributed by atoms with Gasteiger partial charge in [-0.25, -0.2) is 18.4 Å². The molecule has 0 unspecified atom stereocenters. The second kappa shape index (κ2) is 9.93. The summed E-state index contributed by atoms with van der Waals surface area (Å²) in [6.45, 7) is 5.53. The molecule has 0 radical (unpaired) electrons. The number of fused-ring (bicyclic) bond motifs is 1. The molecule has 1 amide bonds. The Bertz CT molecular complexity index is 1050. The Kier molecular flexibility index (Phi) is 7.47. The van der Waals surface area contributed by atoms with Crippen molar-refractivity contribution in [1.82, 2.24) is 19.2 Å². The smallest absolute Gasteiger partial charge is 0.247 e. The molecule has 1 N–H and O–H groups in total. The molecule has 0 aliphatic carbocycles. The molecule has 0 saturated carbocycles. The first-order valence-corrected chi connectivity index (χ1v) is 12.1. The zero-order valence-corrected chi connectivity index (χ0v) is 19.6.